The molecule has 0 unspecified atom stereocenters. The van der Waals surface area contributed by atoms with Gasteiger partial charge in [0.05, 0.1) is 6.04 Å². The average Bonchev–Trinajstić information content (AvgIpc) is 3.40. The van der Waals surface area contributed by atoms with Crippen LogP contribution in [0.25, 0.3) is 0 Å². The number of nitrogens with zero attached hydrogens (tertiary/aromatic N) is 1. The van der Waals surface area contributed by atoms with Crippen molar-refractivity contribution in [1.29, 1.82) is 0 Å². The van der Waals surface area contributed by atoms with Crippen molar-refractivity contribution in [3.63, 3.8) is 0 Å². The zero-order chi connectivity index (χ0) is 29.6. The maximum absolute atomic E-state index is 13.6. The number of hydrogen-bond donors (Lipinski definition) is 3. The number of ether oxygens (including phenoxy) is 1. The number of amides is 3. The molecule has 0 saturated carbocycles. The highest BCUT2D eigenvalue weighted by Gasteiger charge is 2.42. The SMILES string of the molecule is CC(C)(C)OC(=O)NCc1ccc(Cl)cc1CN1CCC[C@H]1C(=O)NC(=O)C(O)(c1ccccc1)c1ccccc1. The smallest absolute Gasteiger partial charge is 0.407 e. The monoisotopic (exact) mass is 577 g/mol. The van der Waals surface area contributed by atoms with Crippen molar-refractivity contribution in [3.05, 3.63) is 106 Å². The van der Waals surface area contributed by atoms with Crippen LogP contribution in [0.5, 0.6) is 0 Å². The molecule has 4 rings (SSSR count). The molecule has 1 aliphatic heterocycles. The topological polar surface area (TPSA) is 108 Å². The number of aliphatic hydroxyl groups is 1. The number of carbonyl (C=O) groups is 3. The van der Waals surface area contributed by atoms with Crippen LogP contribution in [0.1, 0.15) is 55.9 Å². The van der Waals surface area contributed by atoms with Gasteiger partial charge in [-0.15, -0.1) is 0 Å². The predicted molar refractivity (Wildman–Crippen MR) is 157 cm³/mol. The molecule has 1 aliphatic rings. The first-order valence-electron chi connectivity index (χ1n) is 13.6. The molecule has 0 bridgehead atoms. The summed E-state index contributed by atoms with van der Waals surface area (Å²) in [5.74, 6) is -1.29. The largest absolute Gasteiger partial charge is 0.444 e. The number of nitrogens with one attached hydrogen (secondary N) is 2. The lowest BCUT2D eigenvalue weighted by molar-refractivity contribution is -0.143. The molecule has 3 aromatic carbocycles. The first-order valence-corrected chi connectivity index (χ1v) is 14.0. The Morgan fingerprint density at radius 2 is 1.56 bits per heavy atom. The van der Waals surface area contributed by atoms with Gasteiger partial charge >= 0.3 is 6.09 Å². The van der Waals surface area contributed by atoms with E-state index in [1.54, 1.807) is 87.5 Å². The third kappa shape index (κ3) is 7.52. The molecule has 9 heteroatoms. The normalized spacial score (nSPS) is 15.8. The van der Waals surface area contributed by atoms with Crippen LogP contribution in [-0.2, 0) is 33.0 Å². The standard InChI is InChI=1S/C32H36ClN3O5/c1-31(2,3)41-30(39)34-20-22-16-17-26(33)19-23(22)21-36-18-10-15-27(36)28(37)35-29(38)32(40,24-11-6-4-7-12-24)25-13-8-5-9-14-25/h4-9,11-14,16-17,19,27,40H,10,15,18,20-21H2,1-3H3,(H,34,39)(H,35,37,38)/t27-/m0/s1. The Morgan fingerprint density at radius 3 is 2.15 bits per heavy atom. The van der Waals surface area contributed by atoms with E-state index in [0.29, 0.717) is 35.7 Å². The molecule has 41 heavy (non-hydrogen) atoms. The summed E-state index contributed by atoms with van der Waals surface area (Å²) in [4.78, 5) is 41.2. The second-order valence-electron chi connectivity index (χ2n) is 11.2. The summed E-state index contributed by atoms with van der Waals surface area (Å²) in [7, 11) is 0. The van der Waals surface area contributed by atoms with E-state index in [4.69, 9.17) is 16.3 Å². The Bertz CT molecular complexity index is 1340. The third-order valence-electron chi connectivity index (χ3n) is 6.98. The van der Waals surface area contributed by atoms with Gasteiger partial charge in [0.15, 0.2) is 5.60 Å². The molecule has 3 N–H and O–H groups in total. The summed E-state index contributed by atoms with van der Waals surface area (Å²) in [5.41, 5.74) is -0.251. The first kappa shape index (κ1) is 30.2. The van der Waals surface area contributed by atoms with Crippen LogP contribution in [0.15, 0.2) is 78.9 Å². The Labute approximate surface area is 245 Å². The number of imide groups is 1. The molecule has 8 nitrogen and oxygen atoms in total. The Kier molecular flexibility index (Phi) is 9.48. The minimum atomic E-state index is -2.05. The van der Waals surface area contributed by atoms with E-state index in [1.165, 1.54) is 0 Å². The van der Waals surface area contributed by atoms with E-state index >= 15 is 0 Å². The summed E-state index contributed by atoms with van der Waals surface area (Å²) in [5, 5.41) is 17.5. The summed E-state index contributed by atoms with van der Waals surface area (Å²) in [6.07, 6.45) is 0.792. The molecule has 0 spiro atoms. The number of rotatable bonds is 8. The minimum absolute atomic E-state index is 0.228. The van der Waals surface area contributed by atoms with Gasteiger partial charge in [0.25, 0.3) is 5.91 Å². The molecule has 0 radical (unpaired) electrons. The zero-order valence-electron chi connectivity index (χ0n) is 23.5. The molecule has 3 amide bonds. The van der Waals surface area contributed by atoms with Gasteiger partial charge in [-0.3, -0.25) is 19.8 Å². The van der Waals surface area contributed by atoms with Gasteiger partial charge in [-0.2, -0.15) is 0 Å². The molecule has 0 aromatic heterocycles. The van der Waals surface area contributed by atoms with E-state index in [9.17, 15) is 19.5 Å². The molecule has 1 fully saturated rings. The number of benzene rings is 3. The lowest BCUT2D eigenvalue weighted by Crippen LogP contribution is -2.52. The summed E-state index contributed by atoms with van der Waals surface area (Å²) in [6, 6.07) is 22.0. The van der Waals surface area contributed by atoms with E-state index in [0.717, 1.165) is 17.5 Å². The van der Waals surface area contributed by atoms with Crippen molar-refractivity contribution >= 4 is 29.5 Å². The van der Waals surface area contributed by atoms with Crippen LogP contribution in [0, 0.1) is 0 Å². The Hall–Kier alpha value is -3.72. The Morgan fingerprint density at radius 1 is 0.951 bits per heavy atom. The van der Waals surface area contributed by atoms with Crippen molar-refractivity contribution in [1.82, 2.24) is 15.5 Å². The zero-order valence-corrected chi connectivity index (χ0v) is 24.3. The fourth-order valence-corrected chi connectivity index (χ4v) is 5.19. The summed E-state index contributed by atoms with van der Waals surface area (Å²) in [6.45, 7) is 6.64. The van der Waals surface area contributed by atoms with Crippen LogP contribution in [0.2, 0.25) is 5.02 Å². The van der Waals surface area contributed by atoms with Crippen LogP contribution in [0.3, 0.4) is 0 Å². The number of halogens is 1. The molecule has 1 atom stereocenters. The highest BCUT2D eigenvalue weighted by molar-refractivity contribution is 6.30. The van der Waals surface area contributed by atoms with Gasteiger partial charge in [-0.05, 0) is 74.5 Å². The maximum atomic E-state index is 13.6. The highest BCUT2D eigenvalue weighted by Crippen LogP contribution is 2.30. The van der Waals surface area contributed by atoms with Crippen LogP contribution in [-0.4, -0.2) is 46.1 Å². The van der Waals surface area contributed by atoms with Crippen molar-refractivity contribution in [3.8, 4) is 0 Å². The lowest BCUT2D eigenvalue weighted by atomic mass is 9.85. The number of alkyl carbamates (subject to hydrolysis) is 1. The van der Waals surface area contributed by atoms with Gasteiger partial charge in [0.2, 0.25) is 5.91 Å². The molecular formula is C32H36ClN3O5. The fourth-order valence-electron chi connectivity index (χ4n) is 5.00. The molecule has 216 valence electrons. The van der Waals surface area contributed by atoms with Crippen LogP contribution >= 0.6 is 11.6 Å². The van der Waals surface area contributed by atoms with Gasteiger partial charge < -0.3 is 15.2 Å². The number of likely N-dealkylation sites (tertiary alicyclic amines) is 1. The molecule has 3 aromatic rings. The average molecular weight is 578 g/mol. The highest BCUT2D eigenvalue weighted by atomic mass is 35.5. The quantitative estimate of drug-likeness (QED) is 0.351. The first-order chi connectivity index (χ1) is 19.5. The van der Waals surface area contributed by atoms with E-state index in [-0.39, 0.29) is 6.54 Å². The van der Waals surface area contributed by atoms with Crippen LogP contribution in [0.4, 0.5) is 4.79 Å². The van der Waals surface area contributed by atoms with E-state index < -0.39 is 35.2 Å². The second-order valence-corrected chi connectivity index (χ2v) is 11.6. The molecule has 1 saturated heterocycles. The maximum Gasteiger partial charge on any atom is 0.407 e. The Balaban J connectivity index is 1.49. The van der Waals surface area contributed by atoms with Crippen LogP contribution < -0.4 is 10.6 Å². The minimum Gasteiger partial charge on any atom is -0.444 e. The van der Waals surface area contributed by atoms with Gasteiger partial charge in [0.1, 0.15) is 5.60 Å². The van der Waals surface area contributed by atoms with Crippen molar-refractivity contribution in [2.75, 3.05) is 6.54 Å². The van der Waals surface area contributed by atoms with E-state index in [2.05, 4.69) is 10.6 Å². The van der Waals surface area contributed by atoms with Gasteiger partial charge in [-0.1, -0.05) is 78.3 Å². The molecule has 0 aliphatic carbocycles. The molecular weight excluding hydrogens is 542 g/mol. The summed E-state index contributed by atoms with van der Waals surface area (Å²) < 4.78 is 5.34. The molecule has 1 heterocycles. The summed E-state index contributed by atoms with van der Waals surface area (Å²) >= 11 is 6.30. The third-order valence-corrected chi connectivity index (χ3v) is 7.21. The lowest BCUT2D eigenvalue weighted by Gasteiger charge is -2.30. The number of hydrogen-bond acceptors (Lipinski definition) is 6. The van der Waals surface area contributed by atoms with Crippen molar-refractivity contribution < 1.29 is 24.2 Å². The number of carbonyl (C=O) groups excluding carboxylic acids is 3. The van der Waals surface area contributed by atoms with Crippen molar-refractivity contribution in [2.24, 2.45) is 0 Å². The van der Waals surface area contributed by atoms with E-state index in [1.807, 2.05) is 17.0 Å². The van der Waals surface area contributed by atoms with Gasteiger partial charge in [0, 0.05) is 18.1 Å². The fraction of sp³-hybridized carbons (Fsp3) is 0.344. The second kappa shape index (κ2) is 12.9. The van der Waals surface area contributed by atoms with Crippen molar-refractivity contribution in [2.45, 2.75) is 63.9 Å². The van der Waals surface area contributed by atoms with Gasteiger partial charge in [-0.25, -0.2) is 4.79 Å². The predicted octanol–water partition coefficient (Wildman–Crippen LogP) is 4.91.